The Bertz CT molecular complexity index is 1410. The third-order valence-electron chi connectivity index (χ3n) is 7.10. The zero-order valence-corrected chi connectivity index (χ0v) is 25.5. The van der Waals surface area contributed by atoms with Gasteiger partial charge in [0.15, 0.2) is 0 Å². The van der Waals surface area contributed by atoms with Crippen molar-refractivity contribution in [1.29, 1.82) is 0 Å². The number of nitrogens with zero attached hydrogens (tertiary/aromatic N) is 7. The summed E-state index contributed by atoms with van der Waals surface area (Å²) < 4.78 is 52.9. The number of hydrogen-bond donors (Lipinski definition) is 0. The van der Waals surface area contributed by atoms with E-state index in [1.54, 1.807) is 16.0 Å². The highest BCUT2D eigenvalue weighted by atomic mass is 28.3. The molecule has 0 unspecified atom stereocenters. The maximum atomic E-state index is 13.0. The van der Waals surface area contributed by atoms with Crippen molar-refractivity contribution in [3.63, 3.8) is 0 Å². The number of anilines is 1. The first-order chi connectivity index (χ1) is 19.8. The van der Waals surface area contributed by atoms with E-state index in [9.17, 15) is 22.8 Å². The van der Waals surface area contributed by atoms with Gasteiger partial charge >= 0.3 is 6.18 Å². The highest BCUT2D eigenvalue weighted by molar-refractivity contribution is 6.76. The predicted molar refractivity (Wildman–Crippen MR) is 154 cm³/mol. The van der Waals surface area contributed by atoms with Gasteiger partial charge in [0.25, 0.3) is 5.56 Å². The Morgan fingerprint density at radius 1 is 1.00 bits per heavy atom. The Labute approximate surface area is 243 Å². The second-order valence-electron chi connectivity index (χ2n) is 11.6. The number of aromatic nitrogens is 5. The van der Waals surface area contributed by atoms with Crippen LogP contribution in [0.4, 0.5) is 19.1 Å². The van der Waals surface area contributed by atoms with Crippen LogP contribution in [0.5, 0.6) is 0 Å². The lowest BCUT2D eigenvalue weighted by molar-refractivity contribution is -0.138. The maximum Gasteiger partial charge on any atom is 0.419 e. The molecular weight excluding hydrogens is 571 g/mol. The summed E-state index contributed by atoms with van der Waals surface area (Å²) in [5.74, 6) is 0.160. The van der Waals surface area contributed by atoms with Crippen LogP contribution in [0.2, 0.25) is 25.7 Å². The molecule has 0 radical (unpaired) electrons. The van der Waals surface area contributed by atoms with E-state index < -0.39 is 19.8 Å². The minimum Gasteiger partial charge on any atom is -0.379 e. The molecule has 230 valence electrons. The van der Waals surface area contributed by atoms with E-state index in [0.717, 1.165) is 29.5 Å². The standard InChI is InChI=1S/C27H38F3N7O4Si/c1-20-18-36(22-17-33-37(25(39)24(20)22)19-41-13-14-42(2,3)4)10-12-40-11-5-23(38)34-6-8-35(9-7-34)26-31-15-21(16-32-26)27(28,29)30/h15-18H,5-14,19H2,1-4H3. The lowest BCUT2D eigenvalue weighted by Gasteiger charge is -2.34. The molecule has 0 bridgehead atoms. The fourth-order valence-electron chi connectivity index (χ4n) is 4.61. The number of piperazine rings is 1. The average Bonchev–Trinajstić information content (AvgIpc) is 3.26. The van der Waals surface area contributed by atoms with Gasteiger partial charge in [0, 0.05) is 66.0 Å². The molecule has 1 fully saturated rings. The summed E-state index contributed by atoms with van der Waals surface area (Å²) in [4.78, 5) is 36.8. The van der Waals surface area contributed by atoms with Gasteiger partial charge in [-0.15, -0.1) is 0 Å². The first-order valence-corrected chi connectivity index (χ1v) is 17.7. The van der Waals surface area contributed by atoms with Crippen molar-refractivity contribution in [3.05, 3.63) is 46.3 Å². The molecule has 0 N–H and O–H groups in total. The first kappa shape index (κ1) is 31.6. The Hall–Kier alpha value is -3.30. The van der Waals surface area contributed by atoms with E-state index in [1.165, 1.54) is 4.68 Å². The van der Waals surface area contributed by atoms with E-state index in [4.69, 9.17) is 9.47 Å². The highest BCUT2D eigenvalue weighted by Crippen LogP contribution is 2.28. The SMILES string of the molecule is Cc1cn(CCOCCC(=O)N2CCN(c3ncc(C(F)(F)F)cn3)CC2)c2cnn(COCC[Si](C)(C)C)c(=O)c12. The Kier molecular flexibility index (Phi) is 10.0. The first-order valence-electron chi connectivity index (χ1n) is 14.0. The van der Waals surface area contributed by atoms with Gasteiger partial charge < -0.3 is 23.8 Å². The second kappa shape index (κ2) is 13.3. The quantitative estimate of drug-likeness (QED) is 0.227. The number of hydrogen-bond acceptors (Lipinski definition) is 8. The van der Waals surface area contributed by atoms with Gasteiger partial charge in [-0.2, -0.15) is 18.3 Å². The van der Waals surface area contributed by atoms with E-state index in [1.807, 2.05) is 17.7 Å². The largest absolute Gasteiger partial charge is 0.419 e. The predicted octanol–water partition coefficient (Wildman–Crippen LogP) is 3.38. The van der Waals surface area contributed by atoms with Gasteiger partial charge in [-0.1, -0.05) is 19.6 Å². The smallest absolute Gasteiger partial charge is 0.379 e. The Morgan fingerprint density at radius 3 is 2.33 bits per heavy atom. The number of amides is 1. The lowest BCUT2D eigenvalue weighted by atomic mass is 10.2. The third kappa shape index (κ3) is 8.16. The van der Waals surface area contributed by atoms with Gasteiger partial charge in [-0.05, 0) is 18.5 Å². The molecule has 3 aromatic heterocycles. The number of carbonyl (C=O) groups is 1. The molecule has 0 spiro atoms. The number of rotatable bonds is 12. The molecule has 0 saturated carbocycles. The Morgan fingerprint density at radius 2 is 1.69 bits per heavy atom. The fourth-order valence-corrected chi connectivity index (χ4v) is 5.37. The van der Waals surface area contributed by atoms with Crippen molar-refractivity contribution in [2.24, 2.45) is 0 Å². The van der Waals surface area contributed by atoms with Crippen molar-refractivity contribution in [3.8, 4) is 0 Å². The summed E-state index contributed by atoms with van der Waals surface area (Å²) in [6.07, 6.45) is 0.847. The molecule has 1 saturated heterocycles. The van der Waals surface area contributed by atoms with Crippen LogP contribution < -0.4 is 10.5 Å². The normalized spacial score (nSPS) is 14.6. The van der Waals surface area contributed by atoms with Crippen molar-refractivity contribution in [2.45, 2.75) is 58.5 Å². The van der Waals surface area contributed by atoms with E-state index in [-0.39, 0.29) is 37.2 Å². The summed E-state index contributed by atoms with van der Waals surface area (Å²) in [7, 11) is -1.21. The van der Waals surface area contributed by atoms with Crippen LogP contribution in [-0.2, 0) is 33.7 Å². The van der Waals surface area contributed by atoms with Gasteiger partial charge in [0.2, 0.25) is 11.9 Å². The van der Waals surface area contributed by atoms with Crippen LogP contribution in [0, 0.1) is 6.92 Å². The van der Waals surface area contributed by atoms with Gasteiger partial charge in [-0.25, -0.2) is 14.6 Å². The molecule has 4 rings (SSSR count). The molecule has 11 nitrogen and oxygen atoms in total. The van der Waals surface area contributed by atoms with Crippen LogP contribution >= 0.6 is 0 Å². The van der Waals surface area contributed by atoms with E-state index in [0.29, 0.717) is 51.3 Å². The summed E-state index contributed by atoms with van der Waals surface area (Å²) in [6.45, 7) is 12.3. The number of fused-ring (bicyclic) bond motifs is 1. The lowest BCUT2D eigenvalue weighted by Crippen LogP contribution is -2.49. The molecule has 1 aliphatic heterocycles. The van der Waals surface area contributed by atoms with Crippen molar-refractivity contribution in [2.75, 3.05) is 50.9 Å². The van der Waals surface area contributed by atoms with Crippen molar-refractivity contribution < 1.29 is 27.4 Å². The van der Waals surface area contributed by atoms with Crippen molar-refractivity contribution in [1.82, 2.24) is 29.2 Å². The minimum atomic E-state index is -4.48. The summed E-state index contributed by atoms with van der Waals surface area (Å²) >= 11 is 0. The molecule has 0 aromatic carbocycles. The highest BCUT2D eigenvalue weighted by Gasteiger charge is 2.32. The van der Waals surface area contributed by atoms with Crippen LogP contribution in [0.1, 0.15) is 17.5 Å². The Balaban J connectivity index is 1.19. The molecule has 0 aliphatic carbocycles. The minimum absolute atomic E-state index is 0.0536. The summed E-state index contributed by atoms with van der Waals surface area (Å²) in [6, 6.07) is 1.02. The average molecular weight is 610 g/mol. The number of alkyl halides is 3. The molecule has 1 aliphatic rings. The van der Waals surface area contributed by atoms with Crippen LogP contribution in [-0.4, -0.2) is 89.2 Å². The molecule has 42 heavy (non-hydrogen) atoms. The van der Waals surface area contributed by atoms with Gasteiger partial charge in [-0.3, -0.25) is 9.59 Å². The molecule has 4 heterocycles. The third-order valence-corrected chi connectivity index (χ3v) is 8.81. The topological polar surface area (TPSA) is 108 Å². The van der Waals surface area contributed by atoms with E-state index >= 15 is 0 Å². The summed E-state index contributed by atoms with van der Waals surface area (Å²) in [5, 5.41) is 4.90. The fraction of sp³-hybridized carbons (Fsp3) is 0.593. The zero-order valence-electron chi connectivity index (χ0n) is 24.5. The van der Waals surface area contributed by atoms with Crippen LogP contribution in [0.3, 0.4) is 0 Å². The number of halogens is 3. The number of aryl methyl sites for hydroxylation is 1. The second-order valence-corrected chi connectivity index (χ2v) is 17.2. The zero-order chi connectivity index (χ0) is 30.5. The molecule has 1 amide bonds. The van der Waals surface area contributed by atoms with Gasteiger partial charge in [0.1, 0.15) is 6.73 Å². The van der Waals surface area contributed by atoms with Crippen LogP contribution in [0.15, 0.2) is 29.6 Å². The molecule has 3 aromatic rings. The van der Waals surface area contributed by atoms with E-state index in [2.05, 4.69) is 34.7 Å². The molecule has 15 heteroatoms. The number of ether oxygens (including phenoxy) is 2. The monoisotopic (exact) mass is 609 g/mol. The molecule has 0 atom stereocenters. The van der Waals surface area contributed by atoms with Crippen molar-refractivity contribution >= 4 is 30.8 Å². The van der Waals surface area contributed by atoms with Crippen LogP contribution in [0.25, 0.3) is 10.9 Å². The summed E-state index contributed by atoms with van der Waals surface area (Å²) in [5.41, 5.74) is 0.497. The maximum absolute atomic E-state index is 13.0. The molecular formula is C27H38F3N7O4Si. The number of carbonyl (C=O) groups excluding carboxylic acids is 1. The van der Waals surface area contributed by atoms with Gasteiger partial charge in [0.05, 0.1) is 42.3 Å².